The van der Waals surface area contributed by atoms with Gasteiger partial charge >= 0.3 is 0 Å². The van der Waals surface area contributed by atoms with Crippen LogP contribution in [0.5, 0.6) is 5.75 Å². The number of ether oxygens (including phenoxy) is 1. The Morgan fingerprint density at radius 3 is 2.63 bits per heavy atom. The van der Waals surface area contributed by atoms with Crippen molar-refractivity contribution in [3.8, 4) is 5.75 Å². The summed E-state index contributed by atoms with van der Waals surface area (Å²) < 4.78 is 5.61. The lowest BCUT2D eigenvalue weighted by Crippen LogP contribution is -2.44. The van der Waals surface area contributed by atoms with Crippen LogP contribution in [0.4, 0.5) is 0 Å². The van der Waals surface area contributed by atoms with Crippen molar-refractivity contribution in [3.05, 3.63) is 65.2 Å². The molecule has 30 heavy (non-hydrogen) atoms. The van der Waals surface area contributed by atoms with Crippen LogP contribution in [-0.2, 0) is 4.79 Å². The number of rotatable bonds is 5. The first-order chi connectivity index (χ1) is 14.6. The molecule has 5 heteroatoms. The van der Waals surface area contributed by atoms with Crippen LogP contribution in [0, 0.1) is 6.92 Å². The van der Waals surface area contributed by atoms with Crippen molar-refractivity contribution in [2.45, 2.75) is 51.6 Å². The van der Waals surface area contributed by atoms with Gasteiger partial charge in [-0.2, -0.15) is 5.10 Å². The number of aryl methyl sites for hydroxylation is 1. The van der Waals surface area contributed by atoms with Gasteiger partial charge in [-0.05, 0) is 44.9 Å². The minimum absolute atomic E-state index is 0.0572. The molecule has 0 radical (unpaired) electrons. The summed E-state index contributed by atoms with van der Waals surface area (Å²) in [6, 6.07) is 16.6. The third-order valence-electron chi connectivity index (χ3n) is 6.33. The predicted octanol–water partition coefficient (Wildman–Crippen LogP) is 4.56. The lowest BCUT2D eigenvalue weighted by Gasteiger charge is -2.34. The molecule has 1 saturated heterocycles. The van der Waals surface area contributed by atoms with Crippen LogP contribution >= 0.6 is 0 Å². The predicted molar refractivity (Wildman–Crippen MR) is 120 cm³/mol. The molecule has 1 fully saturated rings. The number of hydrogen-bond donors (Lipinski definition) is 0. The number of carbonyl (C=O) groups is 1. The Morgan fingerprint density at radius 1 is 1.13 bits per heavy atom. The quantitative estimate of drug-likeness (QED) is 0.733. The van der Waals surface area contributed by atoms with Gasteiger partial charge in [-0.3, -0.25) is 9.69 Å². The van der Waals surface area contributed by atoms with Crippen LogP contribution in [0.25, 0.3) is 0 Å². The van der Waals surface area contributed by atoms with E-state index >= 15 is 0 Å². The van der Waals surface area contributed by atoms with Gasteiger partial charge in [0.25, 0.3) is 5.91 Å². The van der Waals surface area contributed by atoms with Gasteiger partial charge in [0, 0.05) is 18.0 Å². The van der Waals surface area contributed by atoms with Crippen LogP contribution in [-0.4, -0.2) is 47.8 Å². The van der Waals surface area contributed by atoms with Crippen LogP contribution in [0.15, 0.2) is 53.6 Å². The highest BCUT2D eigenvalue weighted by molar-refractivity contribution is 6.03. The highest BCUT2D eigenvalue weighted by Crippen LogP contribution is 2.37. The van der Waals surface area contributed by atoms with Crippen molar-refractivity contribution in [1.29, 1.82) is 0 Å². The molecule has 0 saturated carbocycles. The number of likely N-dealkylation sites (tertiary alicyclic amines) is 1. The number of carbonyl (C=O) groups excluding carboxylic acids is 1. The molecule has 0 aliphatic carbocycles. The molecule has 2 atom stereocenters. The standard InChI is InChI=1S/C25H31N3O2/c1-18-11-13-20(14-12-18)22-16-23(21-9-4-5-10-24(21)30-3)28(26-22)25(29)17-27-15-7-6-8-19(27)2/h4-5,9-14,19,23H,6-8,15-17H2,1-3H3/t19-,23-/m1/s1. The Hall–Kier alpha value is -2.66. The third kappa shape index (κ3) is 4.26. The fourth-order valence-electron chi connectivity index (χ4n) is 4.48. The minimum atomic E-state index is -0.148. The molecule has 1 amide bonds. The summed E-state index contributed by atoms with van der Waals surface area (Å²) in [6.45, 7) is 5.69. The fraction of sp³-hybridized carbons (Fsp3) is 0.440. The summed E-state index contributed by atoms with van der Waals surface area (Å²) in [5.41, 5.74) is 4.24. The van der Waals surface area contributed by atoms with E-state index in [-0.39, 0.29) is 11.9 Å². The maximum absolute atomic E-state index is 13.4. The second kappa shape index (κ2) is 9.00. The topological polar surface area (TPSA) is 45.1 Å². The van der Waals surface area contributed by atoms with E-state index in [4.69, 9.17) is 9.84 Å². The summed E-state index contributed by atoms with van der Waals surface area (Å²) in [7, 11) is 1.68. The molecular formula is C25H31N3O2. The van der Waals surface area contributed by atoms with Crippen molar-refractivity contribution in [2.24, 2.45) is 5.10 Å². The van der Waals surface area contributed by atoms with E-state index in [1.54, 1.807) is 12.1 Å². The molecule has 0 N–H and O–H groups in total. The molecule has 0 bridgehead atoms. The zero-order valence-corrected chi connectivity index (χ0v) is 18.2. The second-order valence-corrected chi connectivity index (χ2v) is 8.43. The Bertz CT molecular complexity index is 922. The number of piperidine rings is 1. The van der Waals surface area contributed by atoms with Crippen molar-refractivity contribution in [2.75, 3.05) is 20.2 Å². The average molecular weight is 406 g/mol. The molecule has 0 spiro atoms. The molecule has 2 aliphatic heterocycles. The maximum Gasteiger partial charge on any atom is 0.257 e. The highest BCUT2D eigenvalue weighted by atomic mass is 16.5. The molecule has 0 aromatic heterocycles. The number of methoxy groups -OCH3 is 1. The molecular weight excluding hydrogens is 374 g/mol. The summed E-state index contributed by atoms with van der Waals surface area (Å²) in [4.78, 5) is 15.7. The zero-order chi connectivity index (χ0) is 21.1. The van der Waals surface area contributed by atoms with E-state index in [0.717, 1.165) is 42.0 Å². The van der Waals surface area contributed by atoms with Crippen molar-refractivity contribution in [3.63, 3.8) is 0 Å². The number of benzene rings is 2. The number of hydrogen-bond acceptors (Lipinski definition) is 4. The zero-order valence-electron chi connectivity index (χ0n) is 18.2. The molecule has 2 aliphatic rings. The SMILES string of the molecule is COc1ccccc1[C@H]1CC(c2ccc(C)cc2)=NN1C(=O)CN1CCCC[C@H]1C. The monoisotopic (exact) mass is 405 g/mol. The van der Waals surface area contributed by atoms with Crippen LogP contribution in [0.2, 0.25) is 0 Å². The number of para-hydroxylation sites is 1. The third-order valence-corrected chi connectivity index (χ3v) is 6.33. The smallest absolute Gasteiger partial charge is 0.257 e. The summed E-state index contributed by atoms with van der Waals surface area (Å²) in [5, 5.41) is 6.53. The maximum atomic E-state index is 13.4. The normalized spacial score (nSPS) is 22.1. The molecule has 0 unspecified atom stereocenters. The van der Waals surface area contributed by atoms with Gasteiger partial charge in [0.05, 0.1) is 25.4 Å². The van der Waals surface area contributed by atoms with Crippen LogP contribution < -0.4 is 4.74 Å². The number of hydrazone groups is 1. The summed E-state index contributed by atoms with van der Waals surface area (Å²) >= 11 is 0. The Kier molecular flexibility index (Phi) is 6.18. The summed E-state index contributed by atoms with van der Waals surface area (Å²) in [6.07, 6.45) is 4.24. The van der Waals surface area contributed by atoms with Crippen LogP contribution in [0.1, 0.15) is 55.3 Å². The van der Waals surface area contributed by atoms with Gasteiger partial charge in [-0.15, -0.1) is 0 Å². The molecule has 5 nitrogen and oxygen atoms in total. The summed E-state index contributed by atoms with van der Waals surface area (Å²) in [5.74, 6) is 0.855. The Balaban J connectivity index is 1.64. The average Bonchev–Trinajstić information content (AvgIpc) is 3.21. The molecule has 2 heterocycles. The van der Waals surface area contributed by atoms with E-state index in [9.17, 15) is 4.79 Å². The van der Waals surface area contributed by atoms with E-state index in [2.05, 4.69) is 43.0 Å². The van der Waals surface area contributed by atoms with E-state index < -0.39 is 0 Å². The molecule has 2 aromatic rings. The van der Waals surface area contributed by atoms with Crippen molar-refractivity contribution in [1.82, 2.24) is 9.91 Å². The highest BCUT2D eigenvalue weighted by Gasteiger charge is 2.35. The lowest BCUT2D eigenvalue weighted by atomic mass is 9.97. The fourth-order valence-corrected chi connectivity index (χ4v) is 4.48. The first kappa shape index (κ1) is 20.6. The lowest BCUT2D eigenvalue weighted by molar-refractivity contribution is -0.135. The molecule has 158 valence electrons. The van der Waals surface area contributed by atoms with Crippen molar-refractivity contribution >= 4 is 11.6 Å². The largest absolute Gasteiger partial charge is 0.496 e. The van der Waals surface area contributed by atoms with Gasteiger partial charge in [0.15, 0.2) is 0 Å². The first-order valence-corrected chi connectivity index (χ1v) is 10.9. The molecule has 4 rings (SSSR count). The van der Waals surface area contributed by atoms with Gasteiger partial charge in [-0.1, -0.05) is 54.4 Å². The van der Waals surface area contributed by atoms with Gasteiger partial charge in [0.1, 0.15) is 5.75 Å². The van der Waals surface area contributed by atoms with E-state index in [1.807, 2.05) is 24.3 Å². The number of amides is 1. The van der Waals surface area contributed by atoms with Gasteiger partial charge in [0.2, 0.25) is 0 Å². The number of nitrogens with zero attached hydrogens (tertiary/aromatic N) is 3. The van der Waals surface area contributed by atoms with Crippen LogP contribution in [0.3, 0.4) is 0 Å². The van der Waals surface area contributed by atoms with E-state index in [0.29, 0.717) is 19.0 Å². The minimum Gasteiger partial charge on any atom is -0.496 e. The van der Waals surface area contributed by atoms with E-state index in [1.165, 1.54) is 12.0 Å². The van der Waals surface area contributed by atoms with Gasteiger partial charge < -0.3 is 4.74 Å². The first-order valence-electron chi connectivity index (χ1n) is 10.9. The second-order valence-electron chi connectivity index (χ2n) is 8.43. The Labute approximate surface area is 179 Å². The molecule has 2 aromatic carbocycles. The van der Waals surface area contributed by atoms with Crippen molar-refractivity contribution < 1.29 is 9.53 Å². The Morgan fingerprint density at radius 2 is 1.90 bits per heavy atom. The van der Waals surface area contributed by atoms with Gasteiger partial charge in [-0.25, -0.2) is 5.01 Å².